The molecule has 0 aliphatic heterocycles. The first-order valence-corrected chi connectivity index (χ1v) is 6.44. The van der Waals surface area contributed by atoms with Crippen molar-refractivity contribution in [2.75, 3.05) is 20.1 Å². The Morgan fingerprint density at radius 1 is 1.33 bits per heavy atom. The lowest BCUT2D eigenvalue weighted by Crippen LogP contribution is -2.38. The van der Waals surface area contributed by atoms with Gasteiger partial charge < -0.3 is 15.2 Å². The van der Waals surface area contributed by atoms with Crippen molar-refractivity contribution < 1.29 is 4.52 Å². The van der Waals surface area contributed by atoms with Gasteiger partial charge in [0, 0.05) is 32.5 Å². The number of guanidine groups is 1. The molecule has 6 nitrogen and oxygen atoms in total. The van der Waals surface area contributed by atoms with Gasteiger partial charge in [0.1, 0.15) is 0 Å². The van der Waals surface area contributed by atoms with Gasteiger partial charge in [-0.25, -0.2) is 0 Å². The maximum absolute atomic E-state index is 5.16. The minimum atomic E-state index is 0.300. The molecular formula is C12H23N5O. The average molecular weight is 253 g/mol. The summed E-state index contributed by atoms with van der Waals surface area (Å²) in [7, 11) is 1.76. The van der Waals surface area contributed by atoms with Crippen molar-refractivity contribution >= 4 is 5.96 Å². The van der Waals surface area contributed by atoms with Gasteiger partial charge in [0.15, 0.2) is 11.8 Å². The molecule has 0 fully saturated rings. The largest absolute Gasteiger partial charge is 0.356 e. The molecule has 1 aromatic heterocycles. The first-order chi connectivity index (χ1) is 8.67. The summed E-state index contributed by atoms with van der Waals surface area (Å²) in [5.41, 5.74) is 0. The van der Waals surface area contributed by atoms with Crippen LogP contribution < -0.4 is 10.6 Å². The number of aromatic nitrogens is 2. The molecule has 6 heteroatoms. The maximum Gasteiger partial charge on any atom is 0.228 e. The third kappa shape index (κ3) is 4.73. The van der Waals surface area contributed by atoms with Crippen LogP contribution in [0.2, 0.25) is 0 Å². The number of nitrogens with zero attached hydrogens (tertiary/aromatic N) is 3. The molecule has 1 aromatic rings. The number of rotatable bonds is 6. The maximum atomic E-state index is 5.16. The Labute approximate surface area is 108 Å². The molecule has 2 N–H and O–H groups in total. The van der Waals surface area contributed by atoms with E-state index in [0.717, 1.165) is 31.3 Å². The Morgan fingerprint density at radius 3 is 2.61 bits per heavy atom. The Bertz CT molecular complexity index is 372. The summed E-state index contributed by atoms with van der Waals surface area (Å²) in [5, 5.41) is 10.3. The smallest absolute Gasteiger partial charge is 0.228 e. The normalized spacial score (nSPS) is 11.9. The minimum Gasteiger partial charge on any atom is -0.356 e. The van der Waals surface area contributed by atoms with E-state index in [0.29, 0.717) is 18.2 Å². The van der Waals surface area contributed by atoms with Gasteiger partial charge in [-0.1, -0.05) is 25.9 Å². The van der Waals surface area contributed by atoms with Gasteiger partial charge in [-0.05, 0) is 6.42 Å². The Hall–Kier alpha value is -1.59. The van der Waals surface area contributed by atoms with Gasteiger partial charge in [-0.2, -0.15) is 4.98 Å². The molecule has 0 aliphatic carbocycles. The van der Waals surface area contributed by atoms with Gasteiger partial charge in [-0.3, -0.25) is 4.99 Å². The van der Waals surface area contributed by atoms with Crippen molar-refractivity contribution in [1.29, 1.82) is 0 Å². The predicted molar refractivity (Wildman–Crippen MR) is 71.7 cm³/mol. The topological polar surface area (TPSA) is 75.3 Å². The van der Waals surface area contributed by atoms with Crippen molar-refractivity contribution in [3.63, 3.8) is 0 Å². The lowest BCUT2D eigenvalue weighted by atomic mass is 10.2. The molecule has 1 heterocycles. The van der Waals surface area contributed by atoms with E-state index in [1.807, 2.05) is 13.8 Å². The Kier molecular flexibility index (Phi) is 6.18. The number of aliphatic imine (C=N–C) groups is 1. The summed E-state index contributed by atoms with van der Waals surface area (Å²) in [4.78, 5) is 8.43. The van der Waals surface area contributed by atoms with E-state index in [1.54, 1.807) is 7.05 Å². The highest BCUT2D eigenvalue weighted by molar-refractivity contribution is 5.79. The number of hydrogen-bond donors (Lipinski definition) is 2. The van der Waals surface area contributed by atoms with E-state index in [9.17, 15) is 0 Å². The minimum absolute atomic E-state index is 0.300. The van der Waals surface area contributed by atoms with Crippen molar-refractivity contribution in [1.82, 2.24) is 20.8 Å². The third-order valence-electron chi connectivity index (χ3n) is 2.40. The third-order valence-corrected chi connectivity index (χ3v) is 2.40. The molecule has 0 saturated carbocycles. The van der Waals surface area contributed by atoms with Crippen LogP contribution in [0.3, 0.4) is 0 Å². The van der Waals surface area contributed by atoms with Gasteiger partial charge in [0.2, 0.25) is 5.89 Å². The molecule has 18 heavy (non-hydrogen) atoms. The zero-order chi connectivity index (χ0) is 13.4. The Morgan fingerprint density at radius 2 is 2.06 bits per heavy atom. The highest BCUT2D eigenvalue weighted by atomic mass is 16.5. The van der Waals surface area contributed by atoms with Crippen molar-refractivity contribution in [3.05, 3.63) is 11.7 Å². The van der Waals surface area contributed by atoms with E-state index in [-0.39, 0.29) is 0 Å². The second kappa shape index (κ2) is 7.68. The van der Waals surface area contributed by atoms with Crippen LogP contribution in [0.15, 0.2) is 9.52 Å². The van der Waals surface area contributed by atoms with Crippen LogP contribution in [0.25, 0.3) is 0 Å². The number of nitrogens with one attached hydrogen (secondary N) is 2. The zero-order valence-electron chi connectivity index (χ0n) is 11.7. The van der Waals surface area contributed by atoms with E-state index in [2.05, 4.69) is 32.7 Å². The Balaban J connectivity index is 2.31. The molecule has 0 spiro atoms. The van der Waals surface area contributed by atoms with E-state index in [1.165, 1.54) is 0 Å². The summed E-state index contributed by atoms with van der Waals surface area (Å²) >= 11 is 0. The van der Waals surface area contributed by atoms with E-state index in [4.69, 9.17) is 4.52 Å². The second-order valence-corrected chi connectivity index (χ2v) is 4.38. The highest BCUT2D eigenvalue weighted by Crippen LogP contribution is 2.09. The summed E-state index contributed by atoms with van der Waals surface area (Å²) < 4.78 is 5.16. The van der Waals surface area contributed by atoms with Crippen LogP contribution in [0, 0.1) is 0 Å². The van der Waals surface area contributed by atoms with Gasteiger partial charge in [0.25, 0.3) is 0 Å². The molecule has 0 unspecified atom stereocenters. The monoisotopic (exact) mass is 253 g/mol. The predicted octanol–water partition coefficient (Wildman–Crippen LogP) is 1.31. The molecule has 0 radical (unpaired) electrons. The van der Waals surface area contributed by atoms with Crippen LogP contribution in [-0.2, 0) is 6.42 Å². The van der Waals surface area contributed by atoms with Crippen molar-refractivity contribution in [2.24, 2.45) is 4.99 Å². The molecule has 0 atom stereocenters. The lowest BCUT2D eigenvalue weighted by Gasteiger charge is -2.09. The van der Waals surface area contributed by atoms with Crippen LogP contribution in [0.5, 0.6) is 0 Å². The molecule has 0 saturated heterocycles. The van der Waals surface area contributed by atoms with Gasteiger partial charge in [0.05, 0.1) is 0 Å². The molecule has 0 bridgehead atoms. The van der Waals surface area contributed by atoms with Crippen molar-refractivity contribution in [3.8, 4) is 0 Å². The average Bonchev–Trinajstić information content (AvgIpc) is 2.82. The lowest BCUT2D eigenvalue weighted by molar-refractivity contribution is 0.371. The van der Waals surface area contributed by atoms with Crippen LogP contribution in [0.4, 0.5) is 0 Å². The molecule has 102 valence electrons. The highest BCUT2D eigenvalue weighted by Gasteiger charge is 2.09. The van der Waals surface area contributed by atoms with Crippen LogP contribution in [0.1, 0.15) is 44.8 Å². The van der Waals surface area contributed by atoms with Crippen molar-refractivity contribution in [2.45, 2.75) is 39.5 Å². The molecule has 0 aliphatic rings. The van der Waals surface area contributed by atoms with Crippen LogP contribution >= 0.6 is 0 Å². The fourth-order valence-electron chi connectivity index (χ4n) is 1.36. The standard InChI is InChI=1S/C12H23N5O/c1-5-7-14-12(13-4)15-8-6-10-16-11(9(2)3)17-18-10/h9H,5-8H2,1-4H3,(H2,13,14,15). The molecule has 0 amide bonds. The van der Waals surface area contributed by atoms with Crippen LogP contribution in [-0.4, -0.2) is 36.2 Å². The molecule has 1 rings (SSSR count). The molecular weight excluding hydrogens is 230 g/mol. The van der Waals surface area contributed by atoms with E-state index >= 15 is 0 Å². The molecule has 0 aromatic carbocycles. The number of hydrogen-bond acceptors (Lipinski definition) is 4. The first-order valence-electron chi connectivity index (χ1n) is 6.44. The van der Waals surface area contributed by atoms with Gasteiger partial charge >= 0.3 is 0 Å². The zero-order valence-corrected chi connectivity index (χ0v) is 11.7. The summed E-state index contributed by atoms with van der Waals surface area (Å²) in [6.07, 6.45) is 1.77. The summed E-state index contributed by atoms with van der Waals surface area (Å²) in [6.45, 7) is 7.85. The quantitative estimate of drug-likeness (QED) is 0.590. The fraction of sp³-hybridized carbons (Fsp3) is 0.750. The SMILES string of the molecule is CCCNC(=NC)NCCc1nc(C(C)C)no1. The summed E-state index contributed by atoms with van der Waals surface area (Å²) in [6, 6.07) is 0. The van der Waals surface area contributed by atoms with E-state index < -0.39 is 0 Å². The summed E-state index contributed by atoms with van der Waals surface area (Å²) in [5.74, 6) is 2.53. The second-order valence-electron chi connectivity index (χ2n) is 4.38. The first kappa shape index (κ1) is 14.5. The van der Waals surface area contributed by atoms with Gasteiger partial charge in [-0.15, -0.1) is 0 Å². The fourth-order valence-corrected chi connectivity index (χ4v) is 1.36.